The van der Waals surface area contributed by atoms with E-state index in [0.717, 1.165) is 19.6 Å². The van der Waals surface area contributed by atoms with Gasteiger partial charge in [0.15, 0.2) is 0 Å². The first-order chi connectivity index (χ1) is 9.94. The number of aliphatic carboxylic acids is 1. The molecule has 1 aliphatic rings. The first-order valence-corrected chi connectivity index (χ1v) is 8.06. The SMILES string of the molecule is Cc1cc(CN2CCOC(CN(C)CC(=O)O)C2)c(C)s1. The monoisotopic (exact) mass is 312 g/mol. The molecule has 1 unspecified atom stereocenters. The van der Waals surface area contributed by atoms with Crippen LogP contribution in [0.1, 0.15) is 15.3 Å². The fraction of sp³-hybridized carbons (Fsp3) is 0.667. The van der Waals surface area contributed by atoms with Crippen molar-refractivity contribution < 1.29 is 14.6 Å². The van der Waals surface area contributed by atoms with Crippen LogP contribution in [0.5, 0.6) is 0 Å². The van der Waals surface area contributed by atoms with E-state index in [-0.39, 0.29) is 12.6 Å². The maximum Gasteiger partial charge on any atom is 0.317 e. The van der Waals surface area contributed by atoms with Gasteiger partial charge >= 0.3 is 5.97 Å². The molecule has 0 amide bonds. The summed E-state index contributed by atoms with van der Waals surface area (Å²) in [5, 5.41) is 8.80. The van der Waals surface area contributed by atoms with Gasteiger partial charge in [-0.3, -0.25) is 14.6 Å². The second-order valence-electron chi connectivity index (χ2n) is 5.76. The van der Waals surface area contributed by atoms with Crippen LogP contribution in [0, 0.1) is 13.8 Å². The lowest BCUT2D eigenvalue weighted by atomic mass is 10.2. The largest absolute Gasteiger partial charge is 0.480 e. The summed E-state index contributed by atoms with van der Waals surface area (Å²) in [6, 6.07) is 2.26. The Morgan fingerprint density at radius 3 is 2.95 bits per heavy atom. The normalized spacial score (nSPS) is 20.1. The molecule has 0 radical (unpaired) electrons. The summed E-state index contributed by atoms with van der Waals surface area (Å²) in [6.07, 6.45) is 0.0862. The van der Waals surface area contributed by atoms with Crippen LogP contribution in [-0.4, -0.2) is 66.8 Å². The number of hydrogen-bond acceptors (Lipinski definition) is 5. The molecule has 118 valence electrons. The molecule has 6 heteroatoms. The van der Waals surface area contributed by atoms with Crippen molar-refractivity contribution in [1.82, 2.24) is 9.80 Å². The predicted molar refractivity (Wildman–Crippen MR) is 83.9 cm³/mol. The van der Waals surface area contributed by atoms with Gasteiger partial charge in [-0.2, -0.15) is 0 Å². The van der Waals surface area contributed by atoms with E-state index in [4.69, 9.17) is 9.84 Å². The van der Waals surface area contributed by atoms with Crippen molar-refractivity contribution in [2.45, 2.75) is 26.5 Å². The van der Waals surface area contributed by atoms with Crippen molar-refractivity contribution in [3.8, 4) is 0 Å². The van der Waals surface area contributed by atoms with Crippen LogP contribution < -0.4 is 0 Å². The van der Waals surface area contributed by atoms with Gasteiger partial charge < -0.3 is 9.84 Å². The Morgan fingerprint density at radius 1 is 1.57 bits per heavy atom. The lowest BCUT2D eigenvalue weighted by Crippen LogP contribution is -2.47. The molecule has 2 rings (SSSR count). The summed E-state index contributed by atoms with van der Waals surface area (Å²) in [4.78, 5) is 17.6. The third-order valence-corrected chi connectivity index (χ3v) is 4.69. The van der Waals surface area contributed by atoms with E-state index in [1.54, 1.807) is 4.90 Å². The molecule has 2 heterocycles. The molecule has 1 aromatic heterocycles. The summed E-state index contributed by atoms with van der Waals surface area (Å²) in [5.41, 5.74) is 1.40. The molecule has 1 fully saturated rings. The zero-order valence-corrected chi connectivity index (χ0v) is 13.8. The molecule has 1 atom stereocenters. The van der Waals surface area contributed by atoms with Gasteiger partial charge in [0.1, 0.15) is 0 Å². The summed E-state index contributed by atoms with van der Waals surface area (Å²) >= 11 is 1.84. The minimum atomic E-state index is -0.797. The summed E-state index contributed by atoms with van der Waals surface area (Å²) in [6.45, 7) is 8.50. The molecule has 21 heavy (non-hydrogen) atoms. The van der Waals surface area contributed by atoms with Gasteiger partial charge in [-0.1, -0.05) is 0 Å². The molecular weight excluding hydrogens is 288 g/mol. The highest BCUT2D eigenvalue weighted by molar-refractivity contribution is 7.12. The molecule has 0 bridgehead atoms. The number of aryl methyl sites for hydroxylation is 2. The number of carboxylic acid groups (broad SMARTS) is 1. The van der Waals surface area contributed by atoms with Crippen molar-refractivity contribution in [2.24, 2.45) is 0 Å². The molecule has 0 aliphatic carbocycles. The van der Waals surface area contributed by atoms with E-state index in [0.29, 0.717) is 13.2 Å². The molecule has 1 N–H and O–H groups in total. The molecule has 0 aromatic carbocycles. The Morgan fingerprint density at radius 2 is 2.33 bits per heavy atom. The first-order valence-electron chi connectivity index (χ1n) is 7.24. The van der Waals surface area contributed by atoms with E-state index in [2.05, 4.69) is 24.8 Å². The number of carbonyl (C=O) groups is 1. The number of hydrogen-bond donors (Lipinski definition) is 1. The number of rotatable bonds is 6. The van der Waals surface area contributed by atoms with Gasteiger partial charge in [0.05, 0.1) is 19.3 Å². The highest BCUT2D eigenvalue weighted by Crippen LogP contribution is 2.22. The summed E-state index contributed by atoms with van der Waals surface area (Å²) in [5.74, 6) is -0.797. The van der Waals surface area contributed by atoms with Crippen LogP contribution in [-0.2, 0) is 16.1 Å². The van der Waals surface area contributed by atoms with E-state index in [9.17, 15) is 4.79 Å². The van der Waals surface area contributed by atoms with E-state index in [1.807, 2.05) is 18.4 Å². The second-order valence-corrected chi connectivity index (χ2v) is 7.22. The fourth-order valence-corrected chi connectivity index (χ4v) is 3.70. The number of nitrogens with zero attached hydrogens (tertiary/aromatic N) is 2. The Kier molecular flexibility index (Phi) is 5.75. The zero-order valence-electron chi connectivity index (χ0n) is 13.0. The number of morpholine rings is 1. The average Bonchev–Trinajstić information content (AvgIpc) is 2.67. The van der Waals surface area contributed by atoms with Gasteiger partial charge in [-0.05, 0) is 32.5 Å². The molecular formula is C15H24N2O3S. The fourth-order valence-electron chi connectivity index (χ4n) is 2.76. The van der Waals surface area contributed by atoms with Crippen LogP contribution in [0.15, 0.2) is 6.07 Å². The topological polar surface area (TPSA) is 53.0 Å². The molecule has 0 saturated carbocycles. The molecule has 1 saturated heterocycles. The van der Waals surface area contributed by atoms with Crippen LogP contribution in [0.2, 0.25) is 0 Å². The summed E-state index contributed by atoms with van der Waals surface area (Å²) in [7, 11) is 1.82. The number of thiophene rings is 1. The lowest BCUT2D eigenvalue weighted by Gasteiger charge is -2.34. The smallest absolute Gasteiger partial charge is 0.317 e. The molecule has 5 nitrogen and oxygen atoms in total. The van der Waals surface area contributed by atoms with Crippen LogP contribution in [0.3, 0.4) is 0 Å². The van der Waals surface area contributed by atoms with Gasteiger partial charge in [0.25, 0.3) is 0 Å². The third kappa shape index (κ3) is 5.07. The maximum absolute atomic E-state index is 10.7. The van der Waals surface area contributed by atoms with Gasteiger partial charge in [-0.25, -0.2) is 0 Å². The highest BCUT2D eigenvalue weighted by atomic mass is 32.1. The van der Waals surface area contributed by atoms with Crippen LogP contribution in [0.25, 0.3) is 0 Å². The van der Waals surface area contributed by atoms with E-state index >= 15 is 0 Å². The van der Waals surface area contributed by atoms with Crippen molar-refractivity contribution in [3.05, 3.63) is 21.4 Å². The van der Waals surface area contributed by atoms with Crippen molar-refractivity contribution in [1.29, 1.82) is 0 Å². The quantitative estimate of drug-likeness (QED) is 0.864. The highest BCUT2D eigenvalue weighted by Gasteiger charge is 2.23. The number of carboxylic acids is 1. The Balaban J connectivity index is 1.86. The molecule has 1 aliphatic heterocycles. The van der Waals surface area contributed by atoms with Crippen molar-refractivity contribution in [3.63, 3.8) is 0 Å². The molecule has 1 aromatic rings. The van der Waals surface area contributed by atoms with Crippen molar-refractivity contribution in [2.75, 3.05) is 39.8 Å². The Bertz CT molecular complexity index is 489. The Hall–Kier alpha value is -0.950. The standard InChI is InChI=1S/C15H24N2O3S/c1-11-6-13(12(2)21-11)7-17-4-5-20-14(9-17)8-16(3)10-15(18)19/h6,14H,4-5,7-10H2,1-3H3,(H,18,19). The minimum absolute atomic E-state index is 0.0582. The van der Waals surface area contributed by atoms with Crippen LogP contribution in [0.4, 0.5) is 0 Å². The minimum Gasteiger partial charge on any atom is -0.480 e. The predicted octanol–water partition coefficient (Wildman–Crippen LogP) is 1.58. The number of likely N-dealkylation sites (N-methyl/N-ethyl adjacent to an activating group) is 1. The number of ether oxygens (including phenoxy) is 1. The first kappa shape index (κ1) is 16.4. The Labute approximate surface area is 130 Å². The van der Waals surface area contributed by atoms with Gasteiger partial charge in [-0.15, -0.1) is 11.3 Å². The van der Waals surface area contributed by atoms with E-state index in [1.165, 1.54) is 15.3 Å². The molecule has 0 spiro atoms. The second kappa shape index (κ2) is 7.35. The third-order valence-electron chi connectivity index (χ3n) is 3.68. The summed E-state index contributed by atoms with van der Waals surface area (Å²) < 4.78 is 5.76. The zero-order chi connectivity index (χ0) is 15.4. The average molecular weight is 312 g/mol. The lowest BCUT2D eigenvalue weighted by molar-refractivity contribution is -0.138. The van der Waals surface area contributed by atoms with E-state index < -0.39 is 5.97 Å². The van der Waals surface area contributed by atoms with Gasteiger partial charge in [0.2, 0.25) is 0 Å². The van der Waals surface area contributed by atoms with Crippen molar-refractivity contribution >= 4 is 17.3 Å². The van der Waals surface area contributed by atoms with Crippen LogP contribution >= 0.6 is 11.3 Å². The van der Waals surface area contributed by atoms with Gasteiger partial charge in [0, 0.05) is 35.9 Å². The maximum atomic E-state index is 10.7.